The van der Waals surface area contributed by atoms with Gasteiger partial charge in [-0.05, 0) is 13.8 Å². The highest BCUT2D eigenvalue weighted by molar-refractivity contribution is 7.91. The highest BCUT2D eigenvalue weighted by atomic mass is 32.2. The van der Waals surface area contributed by atoms with Gasteiger partial charge in [-0.2, -0.15) is 0 Å². The van der Waals surface area contributed by atoms with Gasteiger partial charge in [-0.15, -0.1) is 0 Å². The van der Waals surface area contributed by atoms with E-state index in [0.717, 1.165) is 0 Å². The van der Waals surface area contributed by atoms with Gasteiger partial charge in [0.25, 0.3) is 0 Å². The molecule has 68 valence electrons. The Balaban J connectivity index is 2.77. The van der Waals surface area contributed by atoms with E-state index in [-0.39, 0.29) is 11.0 Å². The fourth-order valence-corrected chi connectivity index (χ4v) is 1.57. The molecule has 5 heteroatoms. The maximum Gasteiger partial charge on any atom is 0.180 e. The van der Waals surface area contributed by atoms with E-state index >= 15 is 0 Å². The molecule has 4 nitrogen and oxygen atoms in total. The van der Waals surface area contributed by atoms with Crippen LogP contribution in [0.25, 0.3) is 0 Å². The summed E-state index contributed by atoms with van der Waals surface area (Å²) < 4.78 is 27.3. The monoisotopic (exact) mass is 189 g/mol. The Morgan fingerprint density at radius 1 is 1.58 bits per heavy atom. The number of sulfone groups is 1. The van der Waals surface area contributed by atoms with E-state index in [1.54, 1.807) is 13.8 Å². The standard InChI is InChI=1S/C7H11NO3S/c1-6(2)12(9,10)4-7-3-11-5-8-7/h3,5-6H,4H2,1-2H3. The second kappa shape index (κ2) is 3.26. The molecule has 0 fully saturated rings. The first-order valence-electron chi connectivity index (χ1n) is 3.61. The van der Waals surface area contributed by atoms with Gasteiger partial charge in [0.05, 0.1) is 16.7 Å². The Labute approximate surface area is 71.5 Å². The summed E-state index contributed by atoms with van der Waals surface area (Å²) in [5, 5.41) is -0.366. The number of nitrogens with zero attached hydrogens (tertiary/aromatic N) is 1. The molecule has 0 amide bonds. The minimum Gasteiger partial charge on any atom is -0.451 e. The molecule has 1 aromatic rings. The van der Waals surface area contributed by atoms with Crippen LogP contribution in [-0.2, 0) is 15.6 Å². The molecule has 0 aromatic carbocycles. The molecule has 1 rings (SSSR count). The Kier molecular flexibility index (Phi) is 2.52. The van der Waals surface area contributed by atoms with Gasteiger partial charge in [-0.1, -0.05) is 0 Å². The Bertz CT molecular complexity index is 326. The van der Waals surface area contributed by atoms with Crippen LogP contribution in [0.4, 0.5) is 0 Å². The number of hydrogen-bond donors (Lipinski definition) is 0. The van der Waals surface area contributed by atoms with E-state index in [9.17, 15) is 8.42 Å². The van der Waals surface area contributed by atoms with Crippen molar-refractivity contribution in [2.45, 2.75) is 24.9 Å². The smallest absolute Gasteiger partial charge is 0.180 e. The summed E-state index contributed by atoms with van der Waals surface area (Å²) in [6, 6.07) is 0. The van der Waals surface area contributed by atoms with Crippen LogP contribution in [0.5, 0.6) is 0 Å². The van der Waals surface area contributed by atoms with Gasteiger partial charge in [0.15, 0.2) is 16.2 Å². The van der Waals surface area contributed by atoms with Gasteiger partial charge in [-0.3, -0.25) is 0 Å². The molecule has 1 heterocycles. The summed E-state index contributed by atoms with van der Waals surface area (Å²) in [6.45, 7) is 3.30. The SMILES string of the molecule is CC(C)S(=O)(=O)Cc1cocn1. The van der Waals surface area contributed by atoms with Gasteiger partial charge in [0.1, 0.15) is 6.26 Å². The molecule has 0 N–H and O–H groups in total. The molecule has 0 aliphatic rings. The topological polar surface area (TPSA) is 60.2 Å². The fourth-order valence-electron chi connectivity index (χ4n) is 0.682. The van der Waals surface area contributed by atoms with Crippen LogP contribution in [0, 0.1) is 0 Å². The van der Waals surface area contributed by atoms with E-state index in [0.29, 0.717) is 5.69 Å². The molecule has 0 unspecified atom stereocenters. The zero-order valence-electron chi connectivity index (χ0n) is 7.02. The number of hydrogen-bond acceptors (Lipinski definition) is 4. The lowest BCUT2D eigenvalue weighted by atomic mass is 10.6. The maximum absolute atomic E-state index is 11.3. The second-order valence-corrected chi connectivity index (χ2v) is 5.39. The minimum atomic E-state index is -3.04. The minimum absolute atomic E-state index is 0.0405. The third-order valence-corrected chi connectivity index (χ3v) is 3.69. The molecule has 0 atom stereocenters. The molecular formula is C7H11NO3S. The molecule has 0 spiro atoms. The van der Waals surface area contributed by atoms with E-state index < -0.39 is 9.84 Å². The van der Waals surface area contributed by atoms with Crippen molar-refractivity contribution in [3.8, 4) is 0 Å². The predicted molar refractivity (Wildman–Crippen MR) is 44.3 cm³/mol. The highest BCUT2D eigenvalue weighted by Crippen LogP contribution is 2.08. The van der Waals surface area contributed by atoms with E-state index in [2.05, 4.69) is 9.40 Å². The normalized spacial score (nSPS) is 12.2. The van der Waals surface area contributed by atoms with Crippen molar-refractivity contribution in [1.82, 2.24) is 4.98 Å². The summed E-state index contributed by atoms with van der Waals surface area (Å²) in [5.41, 5.74) is 0.462. The van der Waals surface area contributed by atoms with Crippen molar-refractivity contribution in [3.05, 3.63) is 18.4 Å². The van der Waals surface area contributed by atoms with E-state index in [1.807, 2.05) is 0 Å². The first-order chi connectivity index (χ1) is 5.52. The summed E-state index contributed by atoms with van der Waals surface area (Å²) in [6.07, 6.45) is 2.57. The lowest BCUT2D eigenvalue weighted by Gasteiger charge is -2.03. The van der Waals surface area contributed by atoms with Gasteiger partial charge in [0, 0.05) is 0 Å². The predicted octanol–water partition coefficient (Wildman–Crippen LogP) is 0.998. The van der Waals surface area contributed by atoms with Crippen LogP contribution in [0.3, 0.4) is 0 Å². The molecule has 0 radical (unpaired) electrons. The molecule has 12 heavy (non-hydrogen) atoms. The van der Waals surface area contributed by atoms with Gasteiger partial charge >= 0.3 is 0 Å². The van der Waals surface area contributed by atoms with Crippen molar-refractivity contribution in [3.63, 3.8) is 0 Å². The Morgan fingerprint density at radius 3 is 2.67 bits per heavy atom. The van der Waals surface area contributed by atoms with Crippen molar-refractivity contribution >= 4 is 9.84 Å². The van der Waals surface area contributed by atoms with E-state index in [4.69, 9.17) is 0 Å². The fraction of sp³-hybridized carbons (Fsp3) is 0.571. The lowest BCUT2D eigenvalue weighted by molar-refractivity contribution is 0.556. The largest absolute Gasteiger partial charge is 0.451 e. The zero-order chi connectivity index (χ0) is 9.19. The second-order valence-electron chi connectivity index (χ2n) is 2.84. The number of rotatable bonds is 3. The third-order valence-electron chi connectivity index (χ3n) is 1.55. The van der Waals surface area contributed by atoms with Crippen LogP contribution < -0.4 is 0 Å². The molecule has 0 aliphatic carbocycles. The molecule has 0 bridgehead atoms. The van der Waals surface area contributed by atoms with Crippen LogP contribution in [-0.4, -0.2) is 18.7 Å². The van der Waals surface area contributed by atoms with Gasteiger partial charge in [0.2, 0.25) is 0 Å². The summed E-state index contributed by atoms with van der Waals surface area (Å²) in [7, 11) is -3.04. The van der Waals surface area contributed by atoms with Crippen LogP contribution >= 0.6 is 0 Å². The first kappa shape index (κ1) is 9.25. The summed E-state index contributed by atoms with van der Waals surface area (Å²) >= 11 is 0. The quantitative estimate of drug-likeness (QED) is 0.711. The Morgan fingerprint density at radius 2 is 2.25 bits per heavy atom. The Hall–Kier alpha value is -0.840. The molecule has 0 saturated heterocycles. The van der Waals surface area contributed by atoms with Crippen LogP contribution in [0.1, 0.15) is 19.5 Å². The van der Waals surface area contributed by atoms with Crippen LogP contribution in [0.2, 0.25) is 0 Å². The first-order valence-corrected chi connectivity index (χ1v) is 5.32. The third kappa shape index (κ3) is 2.07. The number of oxazole rings is 1. The van der Waals surface area contributed by atoms with Gasteiger partial charge in [-0.25, -0.2) is 13.4 Å². The maximum atomic E-state index is 11.3. The molecule has 0 saturated carbocycles. The lowest BCUT2D eigenvalue weighted by Crippen LogP contribution is -2.16. The van der Waals surface area contributed by atoms with Crippen molar-refractivity contribution in [2.75, 3.05) is 0 Å². The zero-order valence-corrected chi connectivity index (χ0v) is 7.84. The summed E-state index contributed by atoms with van der Waals surface area (Å²) in [5.74, 6) is -0.0405. The molecule has 0 aliphatic heterocycles. The van der Waals surface area contributed by atoms with Crippen LogP contribution in [0.15, 0.2) is 17.1 Å². The molecular weight excluding hydrogens is 178 g/mol. The number of aromatic nitrogens is 1. The van der Waals surface area contributed by atoms with Gasteiger partial charge < -0.3 is 4.42 Å². The van der Waals surface area contributed by atoms with E-state index in [1.165, 1.54) is 12.7 Å². The highest BCUT2D eigenvalue weighted by Gasteiger charge is 2.17. The average molecular weight is 189 g/mol. The average Bonchev–Trinajstić information content (AvgIpc) is 2.38. The summed E-state index contributed by atoms with van der Waals surface area (Å²) in [4.78, 5) is 3.74. The van der Waals surface area contributed by atoms with Crippen molar-refractivity contribution < 1.29 is 12.8 Å². The van der Waals surface area contributed by atoms with Crippen molar-refractivity contribution in [1.29, 1.82) is 0 Å². The van der Waals surface area contributed by atoms with Crippen molar-refractivity contribution in [2.24, 2.45) is 0 Å². The molecule has 1 aromatic heterocycles.